The topological polar surface area (TPSA) is 89.0 Å². The highest BCUT2D eigenvalue weighted by molar-refractivity contribution is 7.85. The molecule has 2 atom stereocenters. The number of pyridine rings is 1. The molecule has 1 aromatic heterocycles. The molecule has 186 valence electrons. The lowest BCUT2D eigenvalue weighted by atomic mass is 9.95. The molecule has 1 aromatic carbocycles. The Morgan fingerprint density at radius 2 is 1.97 bits per heavy atom. The van der Waals surface area contributed by atoms with E-state index in [1.807, 2.05) is 20.0 Å². The maximum absolute atomic E-state index is 12.0. The first-order valence-electron chi connectivity index (χ1n) is 12.1. The maximum Gasteiger partial charge on any atom is 0.316 e. The average molecular weight is 491 g/mol. The van der Waals surface area contributed by atoms with Crippen LogP contribution in [0.15, 0.2) is 42.6 Å². The second-order valence-corrected chi connectivity index (χ2v) is 10.8. The van der Waals surface area contributed by atoms with Crippen molar-refractivity contribution in [2.45, 2.75) is 44.8 Å². The van der Waals surface area contributed by atoms with Gasteiger partial charge in [-0.05, 0) is 43.0 Å². The third-order valence-electron chi connectivity index (χ3n) is 7.13. The highest BCUT2D eigenvalue weighted by Gasteiger charge is 2.43. The van der Waals surface area contributed by atoms with Gasteiger partial charge in [-0.2, -0.15) is 8.42 Å². The summed E-state index contributed by atoms with van der Waals surface area (Å²) in [5.74, 6) is 0.681. The lowest BCUT2D eigenvalue weighted by Crippen LogP contribution is -2.60. The molecule has 0 saturated carbocycles. The van der Waals surface area contributed by atoms with Gasteiger partial charge in [-0.3, -0.25) is 9.04 Å². The fourth-order valence-electron chi connectivity index (χ4n) is 5.44. The minimum absolute atomic E-state index is 0.000984. The number of rotatable bonds is 9. The molecule has 0 bridgehead atoms. The van der Waals surface area contributed by atoms with Crippen molar-refractivity contribution in [3.05, 3.63) is 53.7 Å². The SMILES string of the molecule is CCOc1cccnc1[N+](C)(CS(=O)(=O)O)C1CCN(CCC2OCCc3ccccc32)CC1. The van der Waals surface area contributed by atoms with Crippen LogP contribution in [0.25, 0.3) is 0 Å². The smallest absolute Gasteiger partial charge is 0.316 e. The highest BCUT2D eigenvalue weighted by atomic mass is 32.2. The summed E-state index contributed by atoms with van der Waals surface area (Å²) in [4.78, 5) is 6.94. The van der Waals surface area contributed by atoms with Crippen molar-refractivity contribution >= 4 is 15.9 Å². The lowest BCUT2D eigenvalue weighted by Gasteiger charge is -2.43. The molecule has 3 heterocycles. The summed E-state index contributed by atoms with van der Waals surface area (Å²) in [5.41, 5.74) is 2.69. The number of hydrogen-bond acceptors (Lipinski definition) is 6. The van der Waals surface area contributed by atoms with Crippen LogP contribution in [0.5, 0.6) is 5.75 Å². The number of nitrogens with zero attached hydrogens (tertiary/aromatic N) is 3. The fourth-order valence-corrected chi connectivity index (χ4v) is 6.45. The molecule has 0 radical (unpaired) electrons. The second-order valence-electron chi connectivity index (χ2n) is 9.41. The predicted molar refractivity (Wildman–Crippen MR) is 132 cm³/mol. The zero-order chi connectivity index (χ0) is 24.2. The van der Waals surface area contributed by atoms with E-state index in [1.165, 1.54) is 11.1 Å². The fraction of sp³-hybridized carbons (Fsp3) is 0.560. The van der Waals surface area contributed by atoms with Crippen LogP contribution in [0.2, 0.25) is 0 Å². The molecule has 8 nitrogen and oxygen atoms in total. The number of piperidine rings is 1. The molecular formula is C25H36N3O5S+. The van der Waals surface area contributed by atoms with Gasteiger partial charge >= 0.3 is 10.1 Å². The molecule has 2 unspecified atom stereocenters. The summed E-state index contributed by atoms with van der Waals surface area (Å²) < 4.78 is 45.7. The number of quaternary nitrogens is 1. The predicted octanol–water partition coefficient (Wildman–Crippen LogP) is 3.43. The average Bonchev–Trinajstić information content (AvgIpc) is 2.82. The third kappa shape index (κ3) is 5.78. The van der Waals surface area contributed by atoms with Crippen LogP contribution >= 0.6 is 0 Å². The number of likely N-dealkylation sites (tertiary alicyclic amines) is 1. The third-order valence-corrected chi connectivity index (χ3v) is 7.99. The highest BCUT2D eigenvalue weighted by Crippen LogP contribution is 2.36. The molecule has 0 aliphatic carbocycles. The van der Waals surface area contributed by atoms with Crippen LogP contribution in [0.3, 0.4) is 0 Å². The zero-order valence-corrected chi connectivity index (χ0v) is 20.9. The van der Waals surface area contributed by atoms with Gasteiger partial charge in [-0.25, -0.2) is 4.98 Å². The number of aromatic nitrogens is 1. The van der Waals surface area contributed by atoms with Crippen LogP contribution in [0.4, 0.5) is 5.82 Å². The van der Waals surface area contributed by atoms with Crippen molar-refractivity contribution in [1.82, 2.24) is 14.4 Å². The molecule has 2 aromatic rings. The van der Waals surface area contributed by atoms with Gasteiger partial charge in [0, 0.05) is 38.7 Å². The van der Waals surface area contributed by atoms with Crippen LogP contribution in [0, 0.1) is 0 Å². The molecule has 2 aliphatic heterocycles. The number of ether oxygens (including phenoxy) is 2. The minimum Gasteiger partial charge on any atom is -0.487 e. The van der Waals surface area contributed by atoms with Crippen LogP contribution in [0.1, 0.15) is 43.4 Å². The quantitative estimate of drug-likeness (QED) is 0.425. The Labute approximate surface area is 202 Å². The van der Waals surface area contributed by atoms with Crippen LogP contribution in [-0.2, 0) is 21.3 Å². The number of hydrogen-bond donors (Lipinski definition) is 1. The van der Waals surface area contributed by atoms with E-state index >= 15 is 0 Å². The molecule has 1 N–H and O–H groups in total. The van der Waals surface area contributed by atoms with Crippen LogP contribution in [-0.4, -0.2) is 74.7 Å². The summed E-state index contributed by atoms with van der Waals surface area (Å²) in [5, 5.41) is 0. The van der Waals surface area contributed by atoms with Crippen molar-refractivity contribution in [2.75, 3.05) is 45.8 Å². The van der Waals surface area contributed by atoms with E-state index in [4.69, 9.17) is 9.47 Å². The molecule has 34 heavy (non-hydrogen) atoms. The summed E-state index contributed by atoms with van der Waals surface area (Å²) in [6, 6.07) is 12.1. The van der Waals surface area contributed by atoms with Gasteiger partial charge in [-0.1, -0.05) is 24.3 Å². The van der Waals surface area contributed by atoms with Gasteiger partial charge in [0.05, 0.1) is 32.4 Å². The zero-order valence-electron chi connectivity index (χ0n) is 20.1. The lowest BCUT2D eigenvalue weighted by molar-refractivity contribution is 0.0256. The van der Waals surface area contributed by atoms with Gasteiger partial charge in [0.15, 0.2) is 0 Å². The van der Waals surface area contributed by atoms with Crippen molar-refractivity contribution in [2.24, 2.45) is 0 Å². The summed E-state index contributed by atoms with van der Waals surface area (Å²) in [6.45, 7) is 5.75. The van der Waals surface area contributed by atoms with Crippen molar-refractivity contribution < 1.29 is 22.4 Å². The van der Waals surface area contributed by atoms with Gasteiger partial charge in [0.25, 0.3) is 5.82 Å². The molecule has 1 saturated heterocycles. The van der Waals surface area contributed by atoms with E-state index in [-0.39, 0.29) is 16.6 Å². The Hall–Kier alpha value is -2.04. The Morgan fingerprint density at radius 3 is 2.71 bits per heavy atom. The summed E-state index contributed by atoms with van der Waals surface area (Å²) >= 11 is 0. The molecule has 0 amide bonds. The summed E-state index contributed by atoms with van der Waals surface area (Å²) in [6.07, 6.45) is 5.29. The largest absolute Gasteiger partial charge is 0.487 e. The van der Waals surface area contributed by atoms with E-state index in [0.717, 1.165) is 51.9 Å². The van der Waals surface area contributed by atoms with E-state index in [1.54, 1.807) is 12.3 Å². The summed E-state index contributed by atoms with van der Waals surface area (Å²) in [7, 11) is -2.39. The second kappa shape index (κ2) is 10.7. The van der Waals surface area contributed by atoms with Gasteiger partial charge in [0.2, 0.25) is 11.6 Å². The van der Waals surface area contributed by atoms with Crippen molar-refractivity contribution in [3.63, 3.8) is 0 Å². The standard InChI is InChI=1S/C25H35N3O5S/c1-3-32-24-9-6-14-26-25(24)28(2,19-34(29,30)31)21-10-15-27(16-11-21)17-12-23-22-8-5-4-7-20(22)13-18-33-23/h4-9,14,21,23H,3,10-13,15-19H2,1-2H3/p+1. The number of fused-ring (bicyclic) bond motifs is 1. The Bertz CT molecular complexity index is 1070. The van der Waals surface area contributed by atoms with Crippen LogP contribution < -0.4 is 9.22 Å². The molecular weight excluding hydrogens is 454 g/mol. The molecule has 4 rings (SSSR count). The van der Waals surface area contributed by atoms with E-state index in [2.05, 4.69) is 34.1 Å². The van der Waals surface area contributed by atoms with Crippen molar-refractivity contribution in [3.8, 4) is 5.75 Å². The first-order valence-corrected chi connectivity index (χ1v) is 13.7. The van der Waals surface area contributed by atoms with Gasteiger partial charge in [-0.15, -0.1) is 0 Å². The molecule has 2 aliphatic rings. The molecule has 0 spiro atoms. The normalized spacial score (nSPS) is 21.6. The van der Waals surface area contributed by atoms with Gasteiger partial charge in [0.1, 0.15) is 0 Å². The molecule has 1 fully saturated rings. The van der Waals surface area contributed by atoms with E-state index in [0.29, 0.717) is 18.2 Å². The van der Waals surface area contributed by atoms with E-state index in [9.17, 15) is 13.0 Å². The Balaban J connectivity index is 1.44. The van der Waals surface area contributed by atoms with Gasteiger partial charge < -0.3 is 14.4 Å². The first kappa shape index (κ1) is 25.1. The number of benzene rings is 1. The Morgan fingerprint density at radius 1 is 1.21 bits per heavy atom. The minimum atomic E-state index is -4.23. The van der Waals surface area contributed by atoms with E-state index < -0.39 is 16.0 Å². The molecule has 9 heteroatoms. The maximum atomic E-state index is 12.0. The first-order chi connectivity index (χ1) is 16.3. The monoisotopic (exact) mass is 490 g/mol. The van der Waals surface area contributed by atoms with Crippen molar-refractivity contribution in [1.29, 1.82) is 0 Å². The Kier molecular flexibility index (Phi) is 7.89.